The number of halogens is 3. The van der Waals surface area contributed by atoms with Gasteiger partial charge in [0, 0.05) is 6.54 Å². The lowest BCUT2D eigenvalue weighted by atomic mass is 9.80. The largest absolute Gasteiger partial charge is 0.416 e. The van der Waals surface area contributed by atoms with Crippen LogP contribution in [0.2, 0.25) is 0 Å². The van der Waals surface area contributed by atoms with Crippen molar-refractivity contribution in [1.29, 1.82) is 0 Å². The van der Waals surface area contributed by atoms with Gasteiger partial charge in [0.1, 0.15) is 5.54 Å². The van der Waals surface area contributed by atoms with Crippen molar-refractivity contribution in [3.63, 3.8) is 0 Å². The van der Waals surface area contributed by atoms with Gasteiger partial charge in [0.15, 0.2) is 0 Å². The average molecular weight is 384 g/mol. The Hall–Kier alpha value is -2.05. The predicted octanol–water partition coefficient (Wildman–Crippen LogP) is 3.98. The van der Waals surface area contributed by atoms with Crippen LogP contribution in [0.4, 0.5) is 13.2 Å². The quantitative estimate of drug-likeness (QED) is 0.699. The minimum Gasteiger partial charge on any atom is -0.354 e. The number of alkyl halides is 3. The van der Waals surface area contributed by atoms with Gasteiger partial charge in [0.2, 0.25) is 11.8 Å². The molecule has 0 saturated heterocycles. The Morgan fingerprint density at radius 1 is 1.07 bits per heavy atom. The monoisotopic (exact) mass is 384 g/mol. The molecule has 1 aromatic rings. The van der Waals surface area contributed by atoms with E-state index in [2.05, 4.69) is 10.6 Å². The molecule has 2 amide bonds. The second-order valence-corrected chi connectivity index (χ2v) is 7.17. The van der Waals surface area contributed by atoms with Gasteiger partial charge in [-0.3, -0.25) is 9.59 Å². The normalized spacial score (nSPS) is 16.6. The van der Waals surface area contributed by atoms with E-state index < -0.39 is 17.3 Å². The summed E-state index contributed by atoms with van der Waals surface area (Å²) in [6.45, 7) is 2.61. The Bertz CT molecular complexity index is 636. The zero-order valence-electron chi connectivity index (χ0n) is 15.6. The van der Waals surface area contributed by atoms with E-state index in [1.54, 1.807) is 0 Å². The van der Waals surface area contributed by atoms with E-state index >= 15 is 0 Å². The van der Waals surface area contributed by atoms with Gasteiger partial charge in [-0.25, -0.2) is 0 Å². The van der Waals surface area contributed by atoms with Gasteiger partial charge in [-0.15, -0.1) is 0 Å². The van der Waals surface area contributed by atoms with Crippen molar-refractivity contribution in [3.05, 3.63) is 35.4 Å². The van der Waals surface area contributed by atoms with E-state index in [9.17, 15) is 22.8 Å². The van der Waals surface area contributed by atoms with Gasteiger partial charge >= 0.3 is 6.18 Å². The number of nitrogens with one attached hydrogen (secondary N) is 2. The number of benzene rings is 1. The van der Waals surface area contributed by atoms with Crippen molar-refractivity contribution in [2.24, 2.45) is 0 Å². The van der Waals surface area contributed by atoms with Gasteiger partial charge in [-0.2, -0.15) is 13.2 Å². The molecule has 0 aliphatic heterocycles. The molecule has 2 N–H and O–H groups in total. The van der Waals surface area contributed by atoms with Gasteiger partial charge in [-0.05, 0) is 37.0 Å². The van der Waals surface area contributed by atoms with Crippen LogP contribution in [0.3, 0.4) is 0 Å². The Labute approximate surface area is 157 Å². The number of amides is 2. The van der Waals surface area contributed by atoms with Crippen molar-refractivity contribution in [2.75, 3.05) is 6.54 Å². The Morgan fingerprint density at radius 2 is 1.70 bits per heavy atom. The standard InChI is InChI=1S/C20H27F3N2O2/c1-2-3-13-24-18(27)19(11-5-4-6-12-19)25-17(26)14-15-7-9-16(10-8-15)20(21,22)23/h7-10H,2-6,11-14H2,1H3,(H,24,27)(H,25,26). The van der Waals surface area contributed by atoms with Crippen molar-refractivity contribution in [1.82, 2.24) is 10.6 Å². The van der Waals surface area contributed by atoms with Crippen LogP contribution in [0.1, 0.15) is 63.0 Å². The molecule has 1 aromatic carbocycles. The molecule has 150 valence electrons. The summed E-state index contributed by atoms with van der Waals surface area (Å²) in [7, 11) is 0. The van der Waals surface area contributed by atoms with Crippen LogP contribution in [0.15, 0.2) is 24.3 Å². The summed E-state index contributed by atoms with van der Waals surface area (Å²) in [4.78, 5) is 25.2. The highest BCUT2D eigenvalue weighted by molar-refractivity contribution is 5.92. The summed E-state index contributed by atoms with van der Waals surface area (Å²) in [5, 5.41) is 5.79. The molecular formula is C20H27F3N2O2. The number of hydrogen-bond donors (Lipinski definition) is 2. The summed E-state index contributed by atoms with van der Waals surface area (Å²) in [6.07, 6.45) is 1.32. The molecule has 1 fully saturated rings. The maximum Gasteiger partial charge on any atom is 0.416 e. The van der Waals surface area contributed by atoms with E-state index in [-0.39, 0.29) is 18.2 Å². The molecule has 0 spiro atoms. The second-order valence-electron chi connectivity index (χ2n) is 7.17. The van der Waals surface area contributed by atoms with E-state index in [4.69, 9.17) is 0 Å². The molecule has 4 nitrogen and oxygen atoms in total. The molecule has 1 aliphatic carbocycles. The number of carbonyl (C=O) groups excluding carboxylic acids is 2. The Kier molecular flexibility index (Phi) is 7.27. The lowest BCUT2D eigenvalue weighted by Crippen LogP contribution is -2.60. The number of carbonyl (C=O) groups is 2. The molecule has 0 atom stereocenters. The van der Waals surface area contributed by atoms with Crippen LogP contribution >= 0.6 is 0 Å². The van der Waals surface area contributed by atoms with Crippen LogP contribution in [0.25, 0.3) is 0 Å². The van der Waals surface area contributed by atoms with Gasteiger partial charge in [-0.1, -0.05) is 44.7 Å². The van der Waals surface area contributed by atoms with E-state index in [0.29, 0.717) is 24.9 Å². The van der Waals surface area contributed by atoms with Crippen molar-refractivity contribution in [3.8, 4) is 0 Å². The number of rotatable bonds is 7. The highest BCUT2D eigenvalue weighted by atomic mass is 19.4. The maximum absolute atomic E-state index is 12.7. The number of unbranched alkanes of at least 4 members (excludes halogenated alkanes) is 1. The highest BCUT2D eigenvalue weighted by Gasteiger charge is 2.40. The van der Waals surface area contributed by atoms with Gasteiger partial charge in [0.25, 0.3) is 0 Å². The first-order valence-electron chi connectivity index (χ1n) is 9.52. The lowest BCUT2D eigenvalue weighted by Gasteiger charge is -2.36. The number of hydrogen-bond acceptors (Lipinski definition) is 2. The molecule has 1 aliphatic rings. The molecule has 7 heteroatoms. The molecule has 2 rings (SSSR count). The van der Waals surface area contributed by atoms with Crippen molar-refractivity contribution >= 4 is 11.8 Å². The molecule has 0 unspecified atom stereocenters. The summed E-state index contributed by atoms with van der Waals surface area (Å²) < 4.78 is 37.9. The van der Waals surface area contributed by atoms with Crippen LogP contribution in [0.5, 0.6) is 0 Å². The Balaban J connectivity index is 2.02. The first kappa shape index (κ1) is 21.3. The van der Waals surface area contributed by atoms with Crippen LogP contribution < -0.4 is 10.6 Å². The molecule has 1 saturated carbocycles. The van der Waals surface area contributed by atoms with Crippen molar-refractivity contribution in [2.45, 2.75) is 70.0 Å². The average Bonchev–Trinajstić information content (AvgIpc) is 2.62. The van der Waals surface area contributed by atoms with Crippen molar-refractivity contribution < 1.29 is 22.8 Å². The van der Waals surface area contributed by atoms with E-state index in [1.165, 1.54) is 12.1 Å². The molecule has 0 heterocycles. The predicted molar refractivity (Wildman–Crippen MR) is 97.0 cm³/mol. The zero-order valence-corrected chi connectivity index (χ0v) is 15.6. The smallest absolute Gasteiger partial charge is 0.354 e. The fourth-order valence-corrected chi connectivity index (χ4v) is 3.42. The van der Waals surface area contributed by atoms with Crippen LogP contribution in [-0.2, 0) is 22.2 Å². The van der Waals surface area contributed by atoms with Crippen LogP contribution in [0, 0.1) is 0 Å². The molecule has 0 radical (unpaired) electrons. The highest BCUT2D eigenvalue weighted by Crippen LogP contribution is 2.30. The summed E-state index contributed by atoms with van der Waals surface area (Å²) in [5.74, 6) is -0.501. The van der Waals surface area contributed by atoms with E-state index in [1.807, 2.05) is 6.92 Å². The summed E-state index contributed by atoms with van der Waals surface area (Å²) in [6, 6.07) is 4.54. The first-order chi connectivity index (χ1) is 12.8. The molecule has 0 bridgehead atoms. The van der Waals surface area contributed by atoms with Crippen LogP contribution in [-0.4, -0.2) is 23.9 Å². The van der Waals surface area contributed by atoms with Gasteiger partial charge < -0.3 is 10.6 Å². The SMILES string of the molecule is CCCCNC(=O)C1(NC(=O)Cc2ccc(C(F)(F)F)cc2)CCCCC1. The summed E-state index contributed by atoms with van der Waals surface area (Å²) in [5.41, 5.74) is -1.17. The van der Waals surface area contributed by atoms with Gasteiger partial charge in [0.05, 0.1) is 12.0 Å². The van der Waals surface area contributed by atoms with E-state index in [0.717, 1.165) is 44.2 Å². The zero-order chi connectivity index (χ0) is 19.9. The Morgan fingerprint density at radius 3 is 2.26 bits per heavy atom. The summed E-state index contributed by atoms with van der Waals surface area (Å²) >= 11 is 0. The lowest BCUT2D eigenvalue weighted by molar-refractivity contribution is -0.137. The topological polar surface area (TPSA) is 58.2 Å². The minimum atomic E-state index is -4.40. The third-order valence-electron chi connectivity index (χ3n) is 4.98. The molecule has 27 heavy (non-hydrogen) atoms. The third-order valence-corrected chi connectivity index (χ3v) is 4.98. The fraction of sp³-hybridized carbons (Fsp3) is 0.600. The fourth-order valence-electron chi connectivity index (χ4n) is 3.42. The third kappa shape index (κ3) is 5.97. The second kappa shape index (κ2) is 9.24. The minimum absolute atomic E-state index is 0.0534. The maximum atomic E-state index is 12.7. The molecular weight excluding hydrogens is 357 g/mol. The first-order valence-corrected chi connectivity index (χ1v) is 9.52. The molecule has 0 aromatic heterocycles.